The van der Waals surface area contributed by atoms with E-state index in [1.807, 2.05) is 0 Å². The number of nitrogens with zero attached hydrogens (tertiary/aromatic N) is 3. The quantitative estimate of drug-likeness (QED) is 0.762. The fourth-order valence-corrected chi connectivity index (χ4v) is 3.43. The van der Waals surface area contributed by atoms with E-state index in [2.05, 4.69) is 19.8 Å². The number of hydrogen-bond donors (Lipinski definition) is 0. The van der Waals surface area contributed by atoms with Gasteiger partial charge in [0.1, 0.15) is 0 Å². The van der Waals surface area contributed by atoms with E-state index in [0.717, 1.165) is 7.05 Å². The zero-order valence-corrected chi connectivity index (χ0v) is 13.1. The van der Waals surface area contributed by atoms with Crippen LogP contribution in [0.15, 0.2) is 5.16 Å². The van der Waals surface area contributed by atoms with Gasteiger partial charge in [-0.25, -0.2) is 17.5 Å². The average molecular weight is 359 g/mol. The fraction of sp³-hybridized carbons (Fsp3) is 0.636. The van der Waals surface area contributed by atoms with Gasteiger partial charge in [-0.3, -0.25) is 0 Å². The van der Waals surface area contributed by atoms with Crippen LogP contribution in [0.3, 0.4) is 0 Å². The first-order valence-electron chi connectivity index (χ1n) is 6.25. The molecule has 0 N–H and O–H groups in total. The molecule has 1 aliphatic rings. The maximum atomic E-state index is 14.1. The summed E-state index contributed by atoms with van der Waals surface area (Å²) in [6.45, 7) is -0.759. The Labute approximate surface area is 128 Å². The molecule has 2 heterocycles. The van der Waals surface area contributed by atoms with E-state index < -0.39 is 56.4 Å². The average Bonchev–Trinajstić information content (AvgIpc) is 2.80. The lowest BCUT2D eigenvalue weighted by molar-refractivity contribution is -0.0558. The number of rotatable bonds is 4. The summed E-state index contributed by atoms with van der Waals surface area (Å²) in [5.41, 5.74) is -2.24. The number of ether oxygens (including phenoxy) is 1. The van der Waals surface area contributed by atoms with Crippen LogP contribution in [0.5, 0.6) is 5.88 Å². The highest BCUT2D eigenvalue weighted by atomic mass is 32.2. The van der Waals surface area contributed by atoms with Crippen molar-refractivity contribution < 1.29 is 35.6 Å². The van der Waals surface area contributed by atoms with Crippen molar-refractivity contribution in [1.82, 2.24) is 9.78 Å². The van der Waals surface area contributed by atoms with E-state index in [0.29, 0.717) is 4.68 Å². The van der Waals surface area contributed by atoms with Crippen molar-refractivity contribution >= 4 is 14.9 Å². The molecule has 0 aromatic carbocycles. The standard InChI is InChI=1S/C11H13F4N3O4S/c1-11(2)6(12)8(17-22-11)23(19,20)4-5-7(13)16-18(3)9(5)21-10(14)15/h6,10H,4H2,1-3H3. The van der Waals surface area contributed by atoms with Crippen LogP contribution >= 0.6 is 0 Å². The highest BCUT2D eigenvalue weighted by Gasteiger charge is 2.48. The van der Waals surface area contributed by atoms with Gasteiger partial charge in [0, 0.05) is 7.05 Å². The minimum Gasteiger partial charge on any atom is -0.417 e. The second-order valence-electron chi connectivity index (χ2n) is 5.32. The molecule has 0 saturated heterocycles. The molecule has 0 bridgehead atoms. The molecule has 0 saturated carbocycles. The van der Waals surface area contributed by atoms with Crippen LogP contribution in [0.2, 0.25) is 0 Å². The number of aromatic nitrogens is 2. The summed E-state index contributed by atoms with van der Waals surface area (Å²) >= 11 is 0. The molecule has 23 heavy (non-hydrogen) atoms. The van der Waals surface area contributed by atoms with E-state index >= 15 is 0 Å². The lowest BCUT2D eigenvalue weighted by Crippen LogP contribution is -2.37. The number of aryl methyl sites for hydroxylation is 1. The first-order valence-corrected chi connectivity index (χ1v) is 7.90. The van der Waals surface area contributed by atoms with Crippen molar-refractivity contribution in [2.75, 3.05) is 0 Å². The number of sulfone groups is 1. The Morgan fingerprint density at radius 2 is 2.04 bits per heavy atom. The summed E-state index contributed by atoms with van der Waals surface area (Å²) in [4.78, 5) is 4.69. The SMILES string of the molecule is Cn1nc(F)c(CS(=O)(=O)C2=NOC(C)(C)C2F)c1OC(F)F. The minimum absolute atomic E-state index is 0.621. The van der Waals surface area contributed by atoms with Crippen LogP contribution in [-0.4, -0.2) is 41.6 Å². The predicted molar refractivity (Wildman–Crippen MR) is 69.9 cm³/mol. The van der Waals surface area contributed by atoms with Crippen molar-refractivity contribution in [2.24, 2.45) is 12.2 Å². The van der Waals surface area contributed by atoms with E-state index in [9.17, 15) is 26.0 Å². The monoisotopic (exact) mass is 359 g/mol. The molecule has 2 rings (SSSR count). The van der Waals surface area contributed by atoms with Crippen LogP contribution in [0, 0.1) is 5.95 Å². The highest BCUT2D eigenvalue weighted by Crippen LogP contribution is 2.31. The van der Waals surface area contributed by atoms with Crippen LogP contribution in [0.25, 0.3) is 0 Å². The molecule has 0 radical (unpaired) electrons. The zero-order chi connectivity index (χ0) is 17.6. The highest BCUT2D eigenvalue weighted by molar-refractivity contribution is 8.05. The molecule has 1 aliphatic heterocycles. The fourth-order valence-electron chi connectivity index (χ4n) is 1.91. The third kappa shape index (κ3) is 3.26. The van der Waals surface area contributed by atoms with Gasteiger partial charge in [-0.2, -0.15) is 13.2 Å². The Kier molecular flexibility index (Phi) is 4.30. The van der Waals surface area contributed by atoms with Crippen molar-refractivity contribution in [3.8, 4) is 5.88 Å². The van der Waals surface area contributed by atoms with E-state index in [1.54, 1.807) is 0 Å². The van der Waals surface area contributed by atoms with Crippen LogP contribution in [0.4, 0.5) is 17.6 Å². The molecule has 0 spiro atoms. The maximum Gasteiger partial charge on any atom is 0.388 e. The minimum atomic E-state index is -4.47. The summed E-state index contributed by atoms with van der Waals surface area (Å²) in [7, 11) is -3.38. The smallest absolute Gasteiger partial charge is 0.388 e. The number of hydrogen-bond acceptors (Lipinski definition) is 6. The molecule has 0 aliphatic carbocycles. The first kappa shape index (κ1) is 17.5. The number of halogens is 4. The van der Waals surface area contributed by atoms with Gasteiger partial charge in [0.25, 0.3) is 0 Å². The number of oxime groups is 1. The van der Waals surface area contributed by atoms with E-state index in [-0.39, 0.29) is 0 Å². The van der Waals surface area contributed by atoms with Crippen LogP contribution in [0.1, 0.15) is 19.4 Å². The van der Waals surface area contributed by atoms with Gasteiger partial charge in [-0.15, -0.1) is 5.10 Å². The van der Waals surface area contributed by atoms with Crippen LogP contribution in [-0.2, 0) is 27.5 Å². The molecule has 7 nitrogen and oxygen atoms in total. The molecule has 0 fully saturated rings. The van der Waals surface area contributed by atoms with Crippen molar-refractivity contribution in [2.45, 2.75) is 38.0 Å². The van der Waals surface area contributed by atoms with Gasteiger partial charge >= 0.3 is 6.61 Å². The summed E-state index contributed by atoms with van der Waals surface area (Å²) in [5.74, 6) is -3.23. The molecule has 1 aromatic heterocycles. The van der Waals surface area contributed by atoms with E-state index in [4.69, 9.17) is 0 Å². The van der Waals surface area contributed by atoms with Crippen molar-refractivity contribution in [3.63, 3.8) is 0 Å². The molecule has 12 heteroatoms. The Bertz CT molecular complexity index is 745. The van der Waals surface area contributed by atoms with Crippen molar-refractivity contribution in [3.05, 3.63) is 11.5 Å². The Morgan fingerprint density at radius 3 is 2.52 bits per heavy atom. The van der Waals surface area contributed by atoms with Gasteiger partial charge in [-0.1, -0.05) is 5.16 Å². The lowest BCUT2D eigenvalue weighted by atomic mass is 10.1. The maximum absolute atomic E-state index is 14.1. The molecule has 130 valence electrons. The van der Waals surface area contributed by atoms with Gasteiger partial charge in [0.15, 0.2) is 11.8 Å². The van der Waals surface area contributed by atoms with Crippen LogP contribution < -0.4 is 4.74 Å². The Morgan fingerprint density at radius 1 is 1.43 bits per heavy atom. The van der Waals surface area contributed by atoms with Crippen molar-refractivity contribution in [1.29, 1.82) is 0 Å². The normalized spacial score (nSPS) is 20.5. The lowest BCUT2D eigenvalue weighted by Gasteiger charge is -2.17. The molecule has 0 amide bonds. The molecule has 1 aromatic rings. The molecular formula is C11H13F4N3O4S. The summed E-state index contributed by atoms with van der Waals surface area (Å²) in [5, 5.41) is 5.43. The summed E-state index contributed by atoms with van der Waals surface area (Å²) < 4.78 is 81.6. The topological polar surface area (TPSA) is 82.8 Å². The largest absolute Gasteiger partial charge is 0.417 e. The third-order valence-corrected chi connectivity index (χ3v) is 4.68. The molecule has 1 unspecified atom stereocenters. The molecular weight excluding hydrogens is 346 g/mol. The Balaban J connectivity index is 2.36. The second-order valence-corrected chi connectivity index (χ2v) is 7.26. The van der Waals surface area contributed by atoms with Gasteiger partial charge in [-0.05, 0) is 13.8 Å². The zero-order valence-electron chi connectivity index (χ0n) is 12.3. The first-order chi connectivity index (χ1) is 10.5. The third-order valence-electron chi connectivity index (χ3n) is 3.09. The predicted octanol–water partition coefficient (Wildman–Crippen LogP) is 1.54. The van der Waals surface area contributed by atoms with Gasteiger partial charge in [0.2, 0.25) is 26.7 Å². The molecule has 1 atom stereocenters. The summed E-state index contributed by atoms with van der Waals surface area (Å²) in [6, 6.07) is 0. The van der Waals surface area contributed by atoms with Gasteiger partial charge in [0.05, 0.1) is 11.3 Å². The van der Waals surface area contributed by atoms with Gasteiger partial charge < -0.3 is 9.57 Å². The number of alkyl halides is 3. The Hall–Kier alpha value is -1.85. The summed E-state index contributed by atoms with van der Waals surface area (Å²) in [6.07, 6.45) is -2.08. The second kappa shape index (κ2) is 5.65. The van der Waals surface area contributed by atoms with E-state index in [1.165, 1.54) is 13.8 Å².